The third-order valence-corrected chi connectivity index (χ3v) is 9.09. The second kappa shape index (κ2) is 11.1. The number of aryl methyl sites for hydroxylation is 1. The summed E-state index contributed by atoms with van der Waals surface area (Å²) in [5.41, 5.74) is 2.37. The van der Waals surface area contributed by atoms with Crippen LogP contribution in [0.15, 0.2) is 34.4 Å². The number of phenolic OH excluding ortho intramolecular Hbond substituents is 1. The number of fused-ring (bicyclic) bond motifs is 3. The van der Waals surface area contributed by atoms with Gasteiger partial charge in [0, 0.05) is 16.9 Å². The van der Waals surface area contributed by atoms with E-state index < -0.39 is 75.6 Å². The zero-order valence-electron chi connectivity index (χ0n) is 24.2. The van der Waals surface area contributed by atoms with Crippen LogP contribution in [0.3, 0.4) is 0 Å². The average molecular weight is 601 g/mol. The summed E-state index contributed by atoms with van der Waals surface area (Å²) in [5, 5.41) is 62.4. The lowest BCUT2D eigenvalue weighted by Crippen LogP contribution is -2.70. The Morgan fingerprint density at radius 1 is 1.19 bits per heavy atom. The van der Waals surface area contributed by atoms with Crippen molar-refractivity contribution in [3.8, 4) is 5.75 Å². The maximum atomic E-state index is 14.0. The van der Waals surface area contributed by atoms with Crippen molar-refractivity contribution in [1.82, 2.24) is 9.88 Å². The summed E-state index contributed by atoms with van der Waals surface area (Å²) in [6.07, 6.45) is -0.924. The predicted octanol–water partition coefficient (Wildman–Crippen LogP) is 2.28. The van der Waals surface area contributed by atoms with E-state index in [1.165, 1.54) is 30.3 Å². The van der Waals surface area contributed by atoms with Crippen LogP contribution in [0.1, 0.15) is 50.4 Å². The van der Waals surface area contributed by atoms with Gasteiger partial charge < -0.3 is 36.6 Å². The van der Waals surface area contributed by atoms with Gasteiger partial charge in [0.25, 0.3) is 5.91 Å². The lowest BCUT2D eigenvalue weighted by atomic mass is 9.54. The number of aromatic hydroxyl groups is 1. The van der Waals surface area contributed by atoms with Crippen LogP contribution in [0.5, 0.6) is 5.75 Å². The molecule has 1 heterocycles. The lowest BCUT2D eigenvalue weighted by molar-refractivity contribution is -0.169. The first-order chi connectivity index (χ1) is 19.8. The number of primary amides is 1. The summed E-state index contributed by atoms with van der Waals surface area (Å²) in [7, 11) is 2.92. The number of phenols is 1. The van der Waals surface area contributed by atoms with Gasteiger partial charge in [-0.15, -0.1) is 11.3 Å². The molecule has 0 spiro atoms. The number of ketones is 2. The van der Waals surface area contributed by atoms with E-state index in [0.29, 0.717) is 17.1 Å². The molecule has 0 unspecified atom stereocenters. The molecule has 1 amide bonds. The first kappa shape index (κ1) is 31.2. The highest BCUT2D eigenvalue weighted by Crippen LogP contribution is 2.56. The van der Waals surface area contributed by atoms with Crippen molar-refractivity contribution in [2.75, 3.05) is 19.4 Å². The standard InChI is InChI=1S/C27H30N4O8S.C2H6/c1-5-10-8-40-26(29-10)30-12-7-6-11-9(2)13-15(20(33)14(11)19(12)32)23(36)27(39)17(21(13)34)18(31(3)4)22(35)16(24(27)37)25(28)38;1-2/h6-9,13,17-18,21,32-34,37,39H,5H2,1-4H3,(H2,28,38)(H,29,30);1-2H3/t9-,13+,17+,18-,21-,27-;/m0./s1. The number of hydrogen-bond acceptors (Lipinski definition) is 12. The zero-order valence-corrected chi connectivity index (χ0v) is 25.0. The largest absolute Gasteiger partial charge is 0.508 e. The Hall–Kier alpha value is -3.78. The predicted molar refractivity (Wildman–Crippen MR) is 156 cm³/mol. The number of aromatic nitrogens is 1. The van der Waals surface area contributed by atoms with Crippen LogP contribution in [-0.4, -0.2) is 84.7 Å². The molecule has 42 heavy (non-hydrogen) atoms. The van der Waals surface area contributed by atoms with Crippen molar-refractivity contribution >= 4 is 45.4 Å². The Morgan fingerprint density at radius 2 is 1.83 bits per heavy atom. The number of hydrogen-bond donors (Lipinski definition) is 7. The minimum Gasteiger partial charge on any atom is -0.508 e. The molecular formula is C29H36N4O8S. The van der Waals surface area contributed by atoms with Crippen LogP contribution in [-0.2, 0) is 20.8 Å². The number of aliphatic hydroxyl groups excluding tert-OH is 3. The molecule has 0 saturated heterocycles. The van der Waals surface area contributed by atoms with Crippen LogP contribution in [0.4, 0.5) is 10.8 Å². The van der Waals surface area contributed by atoms with E-state index in [1.807, 2.05) is 26.2 Å². The van der Waals surface area contributed by atoms with Gasteiger partial charge in [0.2, 0.25) is 5.78 Å². The second-order valence-corrected chi connectivity index (χ2v) is 11.5. The Labute approximate surface area is 246 Å². The highest BCUT2D eigenvalue weighted by molar-refractivity contribution is 7.13. The van der Waals surface area contributed by atoms with Crippen molar-refractivity contribution in [2.24, 2.45) is 17.6 Å². The number of amides is 1. The number of benzene rings is 1. The van der Waals surface area contributed by atoms with Crippen molar-refractivity contribution in [3.63, 3.8) is 0 Å². The van der Waals surface area contributed by atoms with E-state index >= 15 is 0 Å². The highest BCUT2D eigenvalue weighted by atomic mass is 32.1. The molecule has 6 atom stereocenters. The Bertz CT molecular complexity index is 1530. The average Bonchev–Trinajstić information content (AvgIpc) is 3.40. The Morgan fingerprint density at radius 3 is 2.38 bits per heavy atom. The summed E-state index contributed by atoms with van der Waals surface area (Å²) in [6.45, 7) is 7.63. The minimum absolute atomic E-state index is 0.0896. The SMILES string of the molecule is CC.CCc1csc(Nc2ccc3c(c2O)C(O)=C2C(=O)[C@]4(O)C(O)=C(C(N)=O)C(=O)[C@@H](N(C)C)[C@@H]4[C@@H](O)[C@@H]2[C@H]3C)n1. The molecule has 0 aliphatic heterocycles. The Balaban J connectivity index is 0.00000198. The second-order valence-electron chi connectivity index (χ2n) is 10.6. The van der Waals surface area contributed by atoms with E-state index in [1.54, 1.807) is 19.1 Å². The molecule has 1 saturated carbocycles. The third-order valence-electron chi connectivity index (χ3n) is 8.29. The van der Waals surface area contributed by atoms with E-state index in [9.17, 15) is 39.9 Å². The maximum Gasteiger partial charge on any atom is 0.255 e. The zero-order chi connectivity index (χ0) is 31.4. The Kier molecular flexibility index (Phi) is 8.26. The van der Waals surface area contributed by atoms with Crippen molar-refractivity contribution in [1.29, 1.82) is 0 Å². The van der Waals surface area contributed by atoms with Crippen LogP contribution < -0.4 is 11.1 Å². The van der Waals surface area contributed by atoms with Gasteiger partial charge in [0.05, 0.1) is 35.0 Å². The molecule has 0 radical (unpaired) electrons. The molecule has 0 bridgehead atoms. The summed E-state index contributed by atoms with van der Waals surface area (Å²) in [5.74, 6) is -9.26. The normalized spacial score (nSPS) is 28.5. The fourth-order valence-corrected chi connectivity index (χ4v) is 7.17. The van der Waals surface area contributed by atoms with Gasteiger partial charge in [-0.25, -0.2) is 4.98 Å². The molecule has 5 rings (SSSR count). The number of nitrogens with zero attached hydrogens (tertiary/aromatic N) is 2. The highest BCUT2D eigenvalue weighted by Gasteiger charge is 2.68. The van der Waals surface area contributed by atoms with Crippen molar-refractivity contribution in [3.05, 3.63) is 51.2 Å². The number of carbonyl (C=O) groups excluding carboxylic acids is 3. The molecular weight excluding hydrogens is 564 g/mol. The monoisotopic (exact) mass is 600 g/mol. The van der Waals surface area contributed by atoms with Crippen LogP contribution in [0, 0.1) is 11.8 Å². The number of rotatable bonds is 5. The molecule has 1 aromatic heterocycles. The van der Waals surface area contributed by atoms with E-state index in [2.05, 4.69) is 10.3 Å². The lowest BCUT2D eigenvalue weighted by Gasteiger charge is -2.53. The van der Waals surface area contributed by atoms with Crippen molar-refractivity contribution < 1.29 is 39.9 Å². The number of nitrogens with one attached hydrogen (secondary N) is 1. The van der Waals surface area contributed by atoms with E-state index in [4.69, 9.17) is 5.73 Å². The molecule has 1 fully saturated rings. The number of Topliss-reactive ketones (excluding diaryl/α,β-unsaturated/α-hetero) is 2. The number of nitrogens with two attached hydrogens (primary N) is 1. The molecule has 3 aliphatic rings. The molecule has 226 valence electrons. The van der Waals surface area contributed by atoms with Gasteiger partial charge in [0.1, 0.15) is 22.8 Å². The molecule has 12 nitrogen and oxygen atoms in total. The van der Waals surface area contributed by atoms with Crippen LogP contribution in [0.2, 0.25) is 0 Å². The van der Waals surface area contributed by atoms with Gasteiger partial charge in [-0.1, -0.05) is 33.8 Å². The number of thiazole rings is 1. The fraction of sp³-hybridized carbons (Fsp3) is 0.448. The summed E-state index contributed by atoms with van der Waals surface area (Å²) >= 11 is 1.32. The smallest absolute Gasteiger partial charge is 0.255 e. The molecule has 2 aromatic rings. The minimum atomic E-state index is -2.95. The summed E-state index contributed by atoms with van der Waals surface area (Å²) in [4.78, 5) is 45.1. The molecule has 8 N–H and O–H groups in total. The number of aliphatic hydroxyl groups is 4. The van der Waals surface area contributed by atoms with Gasteiger partial charge in [-0.2, -0.15) is 0 Å². The van der Waals surface area contributed by atoms with E-state index in [0.717, 1.165) is 5.69 Å². The molecule has 1 aromatic carbocycles. The van der Waals surface area contributed by atoms with Gasteiger partial charge in [-0.05, 0) is 38.1 Å². The third kappa shape index (κ3) is 4.30. The van der Waals surface area contributed by atoms with Gasteiger partial charge in [-0.3, -0.25) is 19.3 Å². The van der Waals surface area contributed by atoms with Crippen molar-refractivity contribution in [2.45, 2.75) is 57.8 Å². The quantitative estimate of drug-likeness (QED) is 0.196. The first-order valence-electron chi connectivity index (χ1n) is 13.7. The van der Waals surface area contributed by atoms with Crippen LogP contribution in [0.25, 0.3) is 5.76 Å². The number of anilines is 2. The summed E-state index contributed by atoms with van der Waals surface area (Å²) < 4.78 is 0. The molecule has 3 aliphatic carbocycles. The van der Waals surface area contributed by atoms with Gasteiger partial charge >= 0.3 is 0 Å². The first-order valence-corrected chi connectivity index (χ1v) is 14.5. The molecule has 13 heteroatoms. The van der Waals surface area contributed by atoms with E-state index in [-0.39, 0.29) is 17.0 Å². The van der Waals surface area contributed by atoms with Crippen LogP contribution >= 0.6 is 11.3 Å². The van der Waals surface area contributed by atoms with Gasteiger partial charge in [0.15, 0.2) is 16.5 Å². The summed E-state index contributed by atoms with van der Waals surface area (Å²) in [6, 6.07) is 1.83. The maximum absolute atomic E-state index is 14.0. The fourth-order valence-electron chi connectivity index (χ4n) is 6.36. The topological polar surface area (TPSA) is 207 Å². The number of likely N-dealkylation sites (N-methyl/N-ethyl adjacent to an activating group) is 1. The number of carbonyl (C=O) groups is 3.